The number of rotatable bonds is 5. The summed E-state index contributed by atoms with van der Waals surface area (Å²) >= 11 is 6.36. The van der Waals surface area contributed by atoms with Gasteiger partial charge in [0.15, 0.2) is 0 Å². The Hall–Kier alpha value is -0.610. The molecule has 1 aliphatic heterocycles. The predicted molar refractivity (Wildman–Crippen MR) is 84.0 cm³/mol. The largest absolute Gasteiger partial charge is 0.384 e. The maximum Gasteiger partial charge on any atom is 0.0511 e. The number of benzene rings is 1. The van der Waals surface area contributed by atoms with E-state index >= 15 is 0 Å². The number of piperidine rings is 1. The minimum Gasteiger partial charge on any atom is -0.384 e. The summed E-state index contributed by atoms with van der Waals surface area (Å²) in [7, 11) is 1.78. The third-order valence-corrected chi connectivity index (χ3v) is 4.51. The summed E-state index contributed by atoms with van der Waals surface area (Å²) in [6, 6.07) is 8.31. The molecular formula is C16H25ClN2O. The first-order valence-electron chi connectivity index (χ1n) is 7.36. The molecule has 1 aromatic carbocycles. The third kappa shape index (κ3) is 3.73. The molecule has 0 spiro atoms. The molecule has 0 amide bonds. The monoisotopic (exact) mass is 296 g/mol. The van der Waals surface area contributed by atoms with Crippen molar-refractivity contribution in [3.05, 3.63) is 34.9 Å². The van der Waals surface area contributed by atoms with Crippen LogP contribution in [0.3, 0.4) is 0 Å². The van der Waals surface area contributed by atoms with Gasteiger partial charge in [-0.05, 0) is 50.4 Å². The molecule has 2 rings (SSSR count). The standard InChI is InChI=1S/C16H25ClN2O/c1-12(18)16(14-5-3-4-6-15(14)17)19-9-7-13(8-10-19)11-20-2/h3-6,12-13,16H,7-11,18H2,1-2H3. The van der Waals surface area contributed by atoms with Gasteiger partial charge in [-0.2, -0.15) is 0 Å². The summed E-state index contributed by atoms with van der Waals surface area (Å²) in [5.41, 5.74) is 7.38. The zero-order valence-electron chi connectivity index (χ0n) is 12.4. The molecule has 0 radical (unpaired) electrons. The predicted octanol–water partition coefficient (Wildman–Crippen LogP) is 3.09. The summed E-state index contributed by atoms with van der Waals surface area (Å²) in [5, 5.41) is 0.814. The molecule has 1 fully saturated rings. The number of likely N-dealkylation sites (tertiary alicyclic amines) is 1. The van der Waals surface area contributed by atoms with Crippen LogP contribution in [-0.4, -0.2) is 37.7 Å². The number of nitrogens with two attached hydrogens (primary N) is 1. The fourth-order valence-electron chi connectivity index (χ4n) is 3.16. The number of ether oxygens (including phenoxy) is 1. The first-order valence-corrected chi connectivity index (χ1v) is 7.74. The quantitative estimate of drug-likeness (QED) is 0.907. The van der Waals surface area contributed by atoms with Gasteiger partial charge in [0.25, 0.3) is 0 Å². The van der Waals surface area contributed by atoms with Crippen molar-refractivity contribution in [3.63, 3.8) is 0 Å². The van der Waals surface area contributed by atoms with E-state index in [2.05, 4.69) is 17.9 Å². The van der Waals surface area contributed by atoms with Gasteiger partial charge < -0.3 is 10.5 Å². The van der Waals surface area contributed by atoms with Crippen LogP contribution in [-0.2, 0) is 4.74 Å². The second kappa shape index (κ2) is 7.41. The number of nitrogens with zero attached hydrogens (tertiary/aromatic N) is 1. The summed E-state index contributed by atoms with van der Waals surface area (Å²) in [4.78, 5) is 2.47. The molecule has 112 valence electrons. The first-order chi connectivity index (χ1) is 9.63. The Morgan fingerprint density at radius 1 is 1.35 bits per heavy atom. The van der Waals surface area contributed by atoms with Gasteiger partial charge in [0.1, 0.15) is 0 Å². The van der Waals surface area contributed by atoms with Crippen molar-refractivity contribution in [1.29, 1.82) is 0 Å². The molecule has 3 nitrogen and oxygen atoms in total. The Labute approximate surface area is 127 Å². The van der Waals surface area contributed by atoms with Crippen LogP contribution in [0.1, 0.15) is 31.4 Å². The van der Waals surface area contributed by atoms with E-state index < -0.39 is 0 Å². The lowest BCUT2D eigenvalue weighted by atomic mass is 9.92. The van der Waals surface area contributed by atoms with Crippen molar-refractivity contribution < 1.29 is 4.74 Å². The van der Waals surface area contributed by atoms with E-state index in [1.807, 2.05) is 18.2 Å². The minimum absolute atomic E-state index is 0.0638. The van der Waals surface area contributed by atoms with Crippen LogP contribution in [0, 0.1) is 5.92 Å². The highest BCUT2D eigenvalue weighted by molar-refractivity contribution is 6.31. The van der Waals surface area contributed by atoms with Gasteiger partial charge in [-0.3, -0.25) is 4.90 Å². The second-order valence-corrected chi connectivity index (χ2v) is 6.17. The maximum absolute atomic E-state index is 6.36. The molecule has 2 atom stereocenters. The third-order valence-electron chi connectivity index (χ3n) is 4.17. The fraction of sp³-hybridized carbons (Fsp3) is 0.625. The zero-order chi connectivity index (χ0) is 14.5. The topological polar surface area (TPSA) is 38.5 Å². The summed E-state index contributed by atoms with van der Waals surface area (Å²) in [5.74, 6) is 0.677. The molecule has 4 heteroatoms. The number of halogens is 1. The minimum atomic E-state index is 0.0638. The van der Waals surface area contributed by atoms with E-state index in [1.54, 1.807) is 7.11 Å². The summed E-state index contributed by atoms with van der Waals surface area (Å²) < 4.78 is 5.26. The highest BCUT2D eigenvalue weighted by Crippen LogP contribution is 2.32. The number of hydrogen-bond acceptors (Lipinski definition) is 3. The molecule has 2 N–H and O–H groups in total. The van der Waals surface area contributed by atoms with Gasteiger partial charge in [-0.1, -0.05) is 29.8 Å². The smallest absolute Gasteiger partial charge is 0.0511 e. The van der Waals surface area contributed by atoms with Crippen molar-refractivity contribution in [2.24, 2.45) is 11.7 Å². The lowest BCUT2D eigenvalue weighted by Gasteiger charge is -2.39. The molecule has 1 aliphatic rings. The van der Waals surface area contributed by atoms with E-state index in [1.165, 1.54) is 12.8 Å². The normalized spacial score (nSPS) is 20.8. The fourth-order valence-corrected chi connectivity index (χ4v) is 3.41. The number of hydrogen-bond donors (Lipinski definition) is 1. The van der Waals surface area contributed by atoms with Crippen LogP contribution in [0.2, 0.25) is 5.02 Å². The highest BCUT2D eigenvalue weighted by Gasteiger charge is 2.29. The molecule has 0 aliphatic carbocycles. The summed E-state index contributed by atoms with van der Waals surface area (Å²) in [6.45, 7) is 5.05. The van der Waals surface area contributed by atoms with Gasteiger partial charge in [0.05, 0.1) is 6.04 Å². The van der Waals surface area contributed by atoms with Crippen LogP contribution in [0.25, 0.3) is 0 Å². The van der Waals surface area contributed by atoms with Crippen molar-refractivity contribution >= 4 is 11.6 Å². The van der Waals surface area contributed by atoms with Crippen LogP contribution in [0.15, 0.2) is 24.3 Å². The van der Waals surface area contributed by atoms with Crippen LogP contribution < -0.4 is 5.73 Å². The van der Waals surface area contributed by atoms with E-state index in [0.717, 1.165) is 30.3 Å². The zero-order valence-corrected chi connectivity index (χ0v) is 13.1. The van der Waals surface area contributed by atoms with Crippen LogP contribution in [0.5, 0.6) is 0 Å². The average molecular weight is 297 g/mol. The molecule has 0 aromatic heterocycles. The van der Waals surface area contributed by atoms with Gasteiger partial charge in [-0.25, -0.2) is 0 Å². The molecule has 1 saturated heterocycles. The van der Waals surface area contributed by atoms with Crippen molar-refractivity contribution in [2.75, 3.05) is 26.8 Å². The molecule has 1 heterocycles. The van der Waals surface area contributed by atoms with Crippen LogP contribution >= 0.6 is 11.6 Å². The Balaban J connectivity index is 2.09. The van der Waals surface area contributed by atoms with Gasteiger partial charge in [0, 0.05) is 24.8 Å². The Kier molecular flexibility index (Phi) is 5.85. The average Bonchev–Trinajstić information content (AvgIpc) is 2.43. The lowest BCUT2D eigenvalue weighted by Crippen LogP contribution is -2.44. The molecule has 1 aromatic rings. The van der Waals surface area contributed by atoms with E-state index in [9.17, 15) is 0 Å². The van der Waals surface area contributed by atoms with Crippen molar-refractivity contribution in [3.8, 4) is 0 Å². The SMILES string of the molecule is COCC1CCN(C(c2ccccc2Cl)C(C)N)CC1. The Morgan fingerprint density at radius 3 is 2.55 bits per heavy atom. The van der Waals surface area contributed by atoms with E-state index in [4.69, 9.17) is 22.1 Å². The van der Waals surface area contributed by atoms with Crippen LogP contribution in [0.4, 0.5) is 0 Å². The van der Waals surface area contributed by atoms with Gasteiger partial charge in [0.2, 0.25) is 0 Å². The molecule has 0 bridgehead atoms. The van der Waals surface area contributed by atoms with Crippen molar-refractivity contribution in [1.82, 2.24) is 4.90 Å². The molecule has 0 saturated carbocycles. The van der Waals surface area contributed by atoms with Gasteiger partial charge >= 0.3 is 0 Å². The summed E-state index contributed by atoms with van der Waals surface area (Å²) in [6.07, 6.45) is 2.34. The van der Waals surface area contributed by atoms with E-state index in [0.29, 0.717) is 5.92 Å². The van der Waals surface area contributed by atoms with E-state index in [-0.39, 0.29) is 12.1 Å². The Bertz CT molecular complexity index is 417. The maximum atomic E-state index is 6.36. The molecule has 2 unspecified atom stereocenters. The Morgan fingerprint density at radius 2 is 2.00 bits per heavy atom. The lowest BCUT2D eigenvalue weighted by molar-refractivity contribution is 0.0736. The first kappa shape index (κ1) is 15.8. The van der Waals surface area contributed by atoms with Crippen molar-refractivity contribution in [2.45, 2.75) is 31.8 Å². The van der Waals surface area contributed by atoms with Gasteiger partial charge in [-0.15, -0.1) is 0 Å². The molecule has 20 heavy (non-hydrogen) atoms. The highest BCUT2D eigenvalue weighted by atomic mass is 35.5. The number of methoxy groups -OCH3 is 1. The second-order valence-electron chi connectivity index (χ2n) is 5.76. The molecular weight excluding hydrogens is 272 g/mol.